The molecule has 0 fully saturated rings. The summed E-state index contributed by atoms with van der Waals surface area (Å²) in [5.74, 6) is 0.653. The Balaban J connectivity index is 1.64. The largest absolute Gasteiger partial charge is 0.497 e. The quantitative estimate of drug-likeness (QED) is 0.297. The van der Waals surface area contributed by atoms with Gasteiger partial charge in [0.05, 0.1) is 19.9 Å². The van der Waals surface area contributed by atoms with Crippen LogP contribution in [0.2, 0.25) is 5.15 Å². The standard InChI is InChI=1S/C28H26ClN3O5/c1-35-22-14-13-21(23(15-22)36-2)16-30-27-28(34)32(17-24(33)37-18-19-9-5-3-6-10-19)25(26(29)31-27)20-11-7-4-8-12-20/h3-15H,16-18H2,1-2H3,(H,30,31). The second-order valence-electron chi connectivity index (χ2n) is 8.03. The Kier molecular flexibility index (Phi) is 8.43. The van der Waals surface area contributed by atoms with Crippen LogP contribution < -0.4 is 20.3 Å². The molecule has 0 radical (unpaired) electrons. The van der Waals surface area contributed by atoms with Crippen molar-refractivity contribution in [2.45, 2.75) is 19.7 Å². The third kappa shape index (κ3) is 6.29. The highest BCUT2D eigenvalue weighted by atomic mass is 35.5. The molecule has 1 N–H and O–H groups in total. The number of rotatable bonds is 10. The van der Waals surface area contributed by atoms with Crippen molar-refractivity contribution < 1.29 is 19.0 Å². The summed E-state index contributed by atoms with van der Waals surface area (Å²) < 4.78 is 17.4. The maximum atomic E-state index is 13.5. The van der Waals surface area contributed by atoms with Gasteiger partial charge in [-0.25, -0.2) is 4.98 Å². The zero-order valence-electron chi connectivity index (χ0n) is 20.4. The fourth-order valence-electron chi connectivity index (χ4n) is 3.77. The van der Waals surface area contributed by atoms with E-state index in [1.807, 2.05) is 54.6 Å². The lowest BCUT2D eigenvalue weighted by Gasteiger charge is -2.17. The molecule has 190 valence electrons. The average Bonchev–Trinajstić information content (AvgIpc) is 2.94. The lowest BCUT2D eigenvalue weighted by atomic mass is 10.1. The van der Waals surface area contributed by atoms with Gasteiger partial charge in [-0.3, -0.25) is 14.2 Å². The molecule has 0 aliphatic rings. The number of anilines is 1. The second kappa shape index (κ2) is 12.1. The number of carbonyl (C=O) groups excluding carboxylic acids is 1. The van der Waals surface area contributed by atoms with Gasteiger partial charge >= 0.3 is 5.97 Å². The number of nitrogens with zero attached hydrogens (tertiary/aromatic N) is 2. The fourth-order valence-corrected chi connectivity index (χ4v) is 4.06. The first kappa shape index (κ1) is 25.8. The Labute approximate surface area is 219 Å². The summed E-state index contributed by atoms with van der Waals surface area (Å²) >= 11 is 6.57. The molecule has 0 saturated heterocycles. The monoisotopic (exact) mass is 519 g/mol. The van der Waals surface area contributed by atoms with Crippen LogP contribution in [0.15, 0.2) is 83.7 Å². The normalized spacial score (nSPS) is 10.6. The Bertz CT molecular complexity index is 1430. The Morgan fingerprint density at radius 1 is 0.973 bits per heavy atom. The molecule has 4 aromatic rings. The van der Waals surface area contributed by atoms with E-state index in [0.717, 1.165) is 11.1 Å². The van der Waals surface area contributed by atoms with E-state index in [1.54, 1.807) is 38.5 Å². The summed E-state index contributed by atoms with van der Waals surface area (Å²) in [5.41, 5.74) is 2.09. The van der Waals surface area contributed by atoms with Gasteiger partial charge in [-0.2, -0.15) is 0 Å². The lowest BCUT2D eigenvalue weighted by Crippen LogP contribution is -2.30. The number of carbonyl (C=O) groups is 1. The maximum absolute atomic E-state index is 13.5. The Morgan fingerprint density at radius 3 is 2.35 bits per heavy atom. The molecule has 0 unspecified atom stereocenters. The molecule has 37 heavy (non-hydrogen) atoms. The molecule has 8 nitrogen and oxygen atoms in total. The van der Waals surface area contributed by atoms with Crippen LogP contribution in [0.4, 0.5) is 5.82 Å². The molecule has 0 aliphatic carbocycles. The van der Waals surface area contributed by atoms with Gasteiger partial charge in [-0.05, 0) is 17.7 Å². The summed E-state index contributed by atoms with van der Waals surface area (Å²) in [6, 6.07) is 23.7. The molecule has 1 aromatic heterocycles. The van der Waals surface area contributed by atoms with Crippen LogP contribution in [0.1, 0.15) is 11.1 Å². The van der Waals surface area contributed by atoms with Crippen LogP contribution >= 0.6 is 11.6 Å². The van der Waals surface area contributed by atoms with Gasteiger partial charge in [0.2, 0.25) is 0 Å². The van der Waals surface area contributed by atoms with Crippen molar-refractivity contribution in [3.8, 4) is 22.8 Å². The number of esters is 1. The molecule has 0 bridgehead atoms. The van der Waals surface area contributed by atoms with Crippen molar-refractivity contribution in [1.29, 1.82) is 0 Å². The van der Waals surface area contributed by atoms with E-state index in [0.29, 0.717) is 22.8 Å². The van der Waals surface area contributed by atoms with E-state index >= 15 is 0 Å². The molecule has 4 rings (SSSR count). The molecule has 3 aromatic carbocycles. The van der Waals surface area contributed by atoms with Gasteiger partial charge in [-0.1, -0.05) is 72.3 Å². The molecular formula is C28H26ClN3O5. The Morgan fingerprint density at radius 2 is 1.68 bits per heavy atom. The number of hydrogen-bond acceptors (Lipinski definition) is 7. The van der Waals surface area contributed by atoms with Crippen molar-refractivity contribution >= 4 is 23.4 Å². The summed E-state index contributed by atoms with van der Waals surface area (Å²) in [7, 11) is 3.12. The first-order valence-electron chi connectivity index (χ1n) is 11.5. The number of hydrogen-bond donors (Lipinski definition) is 1. The first-order valence-corrected chi connectivity index (χ1v) is 11.9. The highest BCUT2D eigenvalue weighted by Crippen LogP contribution is 2.28. The highest BCUT2D eigenvalue weighted by Gasteiger charge is 2.20. The highest BCUT2D eigenvalue weighted by molar-refractivity contribution is 6.32. The number of methoxy groups -OCH3 is 2. The van der Waals surface area contributed by atoms with Crippen LogP contribution in [0.3, 0.4) is 0 Å². The molecular weight excluding hydrogens is 494 g/mol. The zero-order valence-corrected chi connectivity index (χ0v) is 21.2. The van der Waals surface area contributed by atoms with Gasteiger partial charge in [0.1, 0.15) is 24.7 Å². The minimum Gasteiger partial charge on any atom is -0.497 e. The summed E-state index contributed by atoms with van der Waals surface area (Å²) in [6.45, 7) is -0.0101. The van der Waals surface area contributed by atoms with E-state index < -0.39 is 11.5 Å². The van der Waals surface area contributed by atoms with Gasteiger partial charge < -0.3 is 19.5 Å². The molecule has 1 heterocycles. The Hall–Kier alpha value is -4.30. The summed E-state index contributed by atoms with van der Waals surface area (Å²) in [4.78, 5) is 30.6. The first-order chi connectivity index (χ1) is 18.0. The molecule has 9 heteroatoms. The minimum atomic E-state index is -0.576. The van der Waals surface area contributed by atoms with E-state index in [-0.39, 0.29) is 30.7 Å². The predicted octanol–water partition coefficient (Wildman–Crippen LogP) is 4.94. The van der Waals surface area contributed by atoms with Gasteiger partial charge in [0, 0.05) is 23.7 Å². The fraction of sp³-hybridized carbons (Fsp3) is 0.179. The maximum Gasteiger partial charge on any atom is 0.326 e. The van der Waals surface area contributed by atoms with Crippen molar-refractivity contribution in [3.63, 3.8) is 0 Å². The van der Waals surface area contributed by atoms with E-state index in [4.69, 9.17) is 25.8 Å². The molecule has 0 atom stereocenters. The van der Waals surface area contributed by atoms with Crippen LogP contribution in [0.5, 0.6) is 11.5 Å². The van der Waals surface area contributed by atoms with E-state index in [9.17, 15) is 9.59 Å². The van der Waals surface area contributed by atoms with Gasteiger partial charge in [0.15, 0.2) is 11.0 Å². The SMILES string of the molecule is COc1ccc(CNc2nc(Cl)c(-c3ccccc3)n(CC(=O)OCc3ccccc3)c2=O)c(OC)c1. The van der Waals surface area contributed by atoms with E-state index in [1.165, 1.54) is 4.57 Å². The van der Waals surface area contributed by atoms with Crippen LogP contribution in [-0.2, 0) is 29.2 Å². The third-order valence-corrected chi connectivity index (χ3v) is 5.90. The van der Waals surface area contributed by atoms with Crippen molar-refractivity contribution in [2.75, 3.05) is 19.5 Å². The predicted molar refractivity (Wildman–Crippen MR) is 142 cm³/mol. The van der Waals surface area contributed by atoms with E-state index in [2.05, 4.69) is 10.3 Å². The van der Waals surface area contributed by atoms with Crippen molar-refractivity contribution in [3.05, 3.63) is 105 Å². The molecule has 0 spiro atoms. The van der Waals surface area contributed by atoms with Gasteiger partial charge in [0.25, 0.3) is 5.56 Å². The molecule has 0 saturated carbocycles. The van der Waals surface area contributed by atoms with Crippen molar-refractivity contribution in [2.24, 2.45) is 0 Å². The smallest absolute Gasteiger partial charge is 0.326 e. The van der Waals surface area contributed by atoms with Crippen LogP contribution in [0, 0.1) is 0 Å². The third-order valence-electron chi connectivity index (χ3n) is 5.64. The zero-order chi connectivity index (χ0) is 26.2. The topological polar surface area (TPSA) is 91.7 Å². The number of halogens is 1. The summed E-state index contributed by atoms with van der Waals surface area (Å²) in [5, 5.41) is 3.11. The number of benzene rings is 3. The molecule has 0 amide bonds. The lowest BCUT2D eigenvalue weighted by molar-refractivity contribution is -0.145. The second-order valence-corrected chi connectivity index (χ2v) is 8.39. The average molecular weight is 520 g/mol. The van der Waals surface area contributed by atoms with Crippen LogP contribution in [-0.4, -0.2) is 29.7 Å². The molecule has 0 aliphatic heterocycles. The van der Waals surface area contributed by atoms with Crippen molar-refractivity contribution in [1.82, 2.24) is 9.55 Å². The minimum absolute atomic E-state index is 0.00147. The van der Waals surface area contributed by atoms with Gasteiger partial charge in [-0.15, -0.1) is 0 Å². The number of aromatic nitrogens is 2. The number of ether oxygens (including phenoxy) is 3. The summed E-state index contributed by atoms with van der Waals surface area (Å²) in [6.07, 6.45) is 0. The number of nitrogens with one attached hydrogen (secondary N) is 1. The van der Waals surface area contributed by atoms with Crippen LogP contribution in [0.25, 0.3) is 11.3 Å².